The van der Waals surface area contributed by atoms with Crippen molar-refractivity contribution in [3.63, 3.8) is 0 Å². The zero-order chi connectivity index (χ0) is 13.9. The molecule has 0 bridgehead atoms. The van der Waals surface area contributed by atoms with E-state index >= 15 is 0 Å². The lowest BCUT2D eigenvalue weighted by Gasteiger charge is -2.25. The van der Waals surface area contributed by atoms with Crippen molar-refractivity contribution in [2.75, 3.05) is 19.6 Å². The number of furan rings is 1. The fraction of sp³-hybridized carbons (Fsp3) is 0.583. The monoisotopic (exact) mass is 276 g/mol. The third-order valence-corrected chi connectivity index (χ3v) is 3.02. The molecule has 1 unspecified atom stereocenters. The standard InChI is InChI=1S/C12H15F3N2O2/c13-12(14,15)8-17(7-10-2-1-5-19-10)11(18)9-3-4-16-6-9/h1-2,5,9,16H,3-4,6-8H2. The molecule has 4 nitrogen and oxygen atoms in total. The maximum absolute atomic E-state index is 12.5. The number of hydrogen-bond donors (Lipinski definition) is 1. The molecule has 1 aromatic heterocycles. The van der Waals surface area contributed by atoms with E-state index in [2.05, 4.69) is 5.32 Å². The van der Waals surface area contributed by atoms with Crippen molar-refractivity contribution < 1.29 is 22.4 Å². The van der Waals surface area contributed by atoms with Crippen LogP contribution in [0.1, 0.15) is 12.2 Å². The Hall–Kier alpha value is -1.50. The van der Waals surface area contributed by atoms with E-state index in [0.29, 0.717) is 25.3 Å². The first-order chi connectivity index (χ1) is 8.96. The van der Waals surface area contributed by atoms with E-state index in [1.807, 2.05) is 0 Å². The molecule has 0 aliphatic carbocycles. The molecule has 1 amide bonds. The molecule has 1 saturated heterocycles. The lowest BCUT2D eigenvalue weighted by Crippen LogP contribution is -2.42. The van der Waals surface area contributed by atoms with Crippen molar-refractivity contribution in [1.82, 2.24) is 10.2 Å². The molecular formula is C12H15F3N2O2. The third kappa shape index (κ3) is 3.99. The Morgan fingerprint density at radius 1 is 1.53 bits per heavy atom. The summed E-state index contributed by atoms with van der Waals surface area (Å²) < 4.78 is 42.6. The molecule has 0 radical (unpaired) electrons. The lowest BCUT2D eigenvalue weighted by atomic mass is 10.1. The van der Waals surface area contributed by atoms with Crippen molar-refractivity contribution in [1.29, 1.82) is 0 Å². The topological polar surface area (TPSA) is 45.5 Å². The maximum atomic E-state index is 12.5. The van der Waals surface area contributed by atoms with Gasteiger partial charge >= 0.3 is 6.18 Å². The van der Waals surface area contributed by atoms with Crippen LogP contribution in [-0.4, -0.2) is 36.6 Å². The van der Waals surface area contributed by atoms with Crippen molar-refractivity contribution in [2.24, 2.45) is 5.92 Å². The van der Waals surface area contributed by atoms with Gasteiger partial charge in [0.1, 0.15) is 12.3 Å². The number of nitrogens with one attached hydrogen (secondary N) is 1. The number of carbonyl (C=O) groups excluding carboxylic acids is 1. The Bertz CT molecular complexity index is 411. The van der Waals surface area contributed by atoms with Gasteiger partial charge in [-0.05, 0) is 25.1 Å². The number of carbonyl (C=O) groups is 1. The summed E-state index contributed by atoms with van der Waals surface area (Å²) in [7, 11) is 0. The SMILES string of the molecule is O=C(C1CCNC1)N(Cc1ccco1)CC(F)(F)F. The van der Waals surface area contributed by atoms with Crippen LogP contribution in [0.4, 0.5) is 13.2 Å². The highest BCUT2D eigenvalue weighted by molar-refractivity contribution is 5.79. The number of hydrogen-bond acceptors (Lipinski definition) is 3. The first-order valence-corrected chi connectivity index (χ1v) is 6.04. The van der Waals surface area contributed by atoms with Crippen LogP contribution in [0.5, 0.6) is 0 Å². The number of nitrogens with zero attached hydrogens (tertiary/aromatic N) is 1. The van der Waals surface area contributed by atoms with E-state index < -0.39 is 18.6 Å². The van der Waals surface area contributed by atoms with Crippen LogP contribution in [0.3, 0.4) is 0 Å². The second-order valence-corrected chi connectivity index (χ2v) is 4.58. The first-order valence-electron chi connectivity index (χ1n) is 6.04. The molecule has 0 saturated carbocycles. The fourth-order valence-corrected chi connectivity index (χ4v) is 2.14. The number of alkyl halides is 3. The van der Waals surface area contributed by atoms with Gasteiger partial charge in [-0.15, -0.1) is 0 Å². The second-order valence-electron chi connectivity index (χ2n) is 4.58. The van der Waals surface area contributed by atoms with E-state index in [1.54, 1.807) is 12.1 Å². The summed E-state index contributed by atoms with van der Waals surface area (Å²) >= 11 is 0. The van der Waals surface area contributed by atoms with E-state index in [-0.39, 0.29) is 12.5 Å². The third-order valence-electron chi connectivity index (χ3n) is 3.02. The zero-order valence-corrected chi connectivity index (χ0v) is 10.2. The van der Waals surface area contributed by atoms with Gasteiger partial charge in [-0.2, -0.15) is 13.2 Å². The molecule has 0 spiro atoms. The predicted molar refractivity (Wildman–Crippen MR) is 61.2 cm³/mol. The van der Waals surface area contributed by atoms with Crippen molar-refractivity contribution in [2.45, 2.75) is 19.1 Å². The summed E-state index contributed by atoms with van der Waals surface area (Å²) in [4.78, 5) is 12.9. The highest BCUT2D eigenvalue weighted by atomic mass is 19.4. The smallest absolute Gasteiger partial charge is 0.406 e. The van der Waals surface area contributed by atoms with Crippen molar-refractivity contribution >= 4 is 5.91 Å². The molecule has 0 aromatic carbocycles. The van der Waals surface area contributed by atoms with Crippen molar-refractivity contribution in [3.8, 4) is 0 Å². The minimum absolute atomic E-state index is 0.151. The maximum Gasteiger partial charge on any atom is 0.406 e. The molecule has 1 aromatic rings. The normalized spacial score (nSPS) is 19.6. The minimum Gasteiger partial charge on any atom is -0.467 e. The highest BCUT2D eigenvalue weighted by Gasteiger charge is 2.36. The molecule has 106 valence electrons. The molecular weight excluding hydrogens is 261 g/mol. The van der Waals surface area contributed by atoms with Gasteiger partial charge in [0, 0.05) is 6.54 Å². The van der Waals surface area contributed by atoms with E-state index in [9.17, 15) is 18.0 Å². The second kappa shape index (κ2) is 5.64. The average Bonchev–Trinajstić information content (AvgIpc) is 2.98. The predicted octanol–water partition coefficient (Wildman–Crippen LogP) is 1.78. The van der Waals surface area contributed by atoms with Crippen molar-refractivity contribution in [3.05, 3.63) is 24.2 Å². The quantitative estimate of drug-likeness (QED) is 0.911. The summed E-state index contributed by atoms with van der Waals surface area (Å²) in [6, 6.07) is 3.15. The van der Waals surface area contributed by atoms with Crippen LogP contribution in [0, 0.1) is 5.92 Å². The van der Waals surface area contributed by atoms with Crippen LogP contribution in [0.25, 0.3) is 0 Å². The van der Waals surface area contributed by atoms with Gasteiger partial charge < -0.3 is 14.6 Å². The number of amides is 1. The van der Waals surface area contributed by atoms with Crippen LogP contribution >= 0.6 is 0 Å². The Morgan fingerprint density at radius 2 is 2.32 bits per heavy atom. The summed E-state index contributed by atoms with van der Waals surface area (Å²) in [5.41, 5.74) is 0. The summed E-state index contributed by atoms with van der Waals surface area (Å²) in [5, 5.41) is 2.98. The molecule has 1 fully saturated rings. The molecule has 1 aliphatic heterocycles. The van der Waals surface area contributed by atoms with Gasteiger partial charge in [-0.25, -0.2) is 0 Å². The number of rotatable bonds is 4. The molecule has 2 rings (SSSR count). The average molecular weight is 276 g/mol. The van der Waals surface area contributed by atoms with Gasteiger partial charge in [0.05, 0.1) is 18.7 Å². The molecule has 1 N–H and O–H groups in total. The Morgan fingerprint density at radius 3 is 2.84 bits per heavy atom. The molecule has 1 atom stereocenters. The molecule has 19 heavy (non-hydrogen) atoms. The summed E-state index contributed by atoms with van der Waals surface area (Å²) in [6.45, 7) is -0.298. The minimum atomic E-state index is -4.41. The van der Waals surface area contributed by atoms with E-state index in [4.69, 9.17) is 4.42 Å². The molecule has 2 heterocycles. The van der Waals surface area contributed by atoms with Crippen LogP contribution in [0.15, 0.2) is 22.8 Å². The first kappa shape index (κ1) is 13.9. The molecule has 7 heteroatoms. The van der Waals surface area contributed by atoms with Gasteiger partial charge in [0.25, 0.3) is 0 Å². The van der Waals surface area contributed by atoms with Gasteiger partial charge in [-0.3, -0.25) is 4.79 Å². The van der Waals surface area contributed by atoms with Crippen LogP contribution < -0.4 is 5.32 Å². The number of halogens is 3. The Balaban J connectivity index is 2.06. The van der Waals surface area contributed by atoms with E-state index in [1.165, 1.54) is 6.26 Å². The highest BCUT2D eigenvalue weighted by Crippen LogP contribution is 2.21. The lowest BCUT2D eigenvalue weighted by molar-refractivity contribution is -0.165. The molecule has 1 aliphatic rings. The Kier molecular flexibility index (Phi) is 4.14. The van der Waals surface area contributed by atoms with Gasteiger partial charge in [0.2, 0.25) is 5.91 Å². The van der Waals surface area contributed by atoms with Crippen LogP contribution in [0.2, 0.25) is 0 Å². The fourth-order valence-electron chi connectivity index (χ4n) is 2.14. The largest absolute Gasteiger partial charge is 0.467 e. The van der Waals surface area contributed by atoms with Gasteiger partial charge in [0.15, 0.2) is 0 Å². The van der Waals surface area contributed by atoms with Crippen LogP contribution in [-0.2, 0) is 11.3 Å². The summed E-state index contributed by atoms with van der Waals surface area (Å²) in [5.74, 6) is -0.500. The van der Waals surface area contributed by atoms with Gasteiger partial charge in [-0.1, -0.05) is 0 Å². The van der Waals surface area contributed by atoms with E-state index in [0.717, 1.165) is 4.90 Å². The Labute approximate surface area is 108 Å². The summed E-state index contributed by atoms with van der Waals surface area (Å²) in [6.07, 6.45) is -2.46. The zero-order valence-electron chi connectivity index (χ0n) is 10.2.